The van der Waals surface area contributed by atoms with E-state index in [1.54, 1.807) is 0 Å². The van der Waals surface area contributed by atoms with Crippen molar-refractivity contribution in [2.45, 2.75) is 18.3 Å². The third-order valence-corrected chi connectivity index (χ3v) is 2.37. The minimum absolute atomic E-state index is 0.464. The number of hydrogen-bond acceptors (Lipinski definition) is 7. The van der Waals surface area contributed by atoms with E-state index in [-0.39, 0.29) is 0 Å². The Morgan fingerprint density at radius 2 is 2.05 bits per heavy atom. The third-order valence-electron chi connectivity index (χ3n) is 2.37. The Morgan fingerprint density at radius 1 is 1.50 bits per heavy atom. The van der Waals surface area contributed by atoms with Crippen LogP contribution < -0.4 is 5.32 Å². The number of ketones is 1. The quantitative estimate of drug-likeness (QED) is 0.351. The SMILES string of the molecule is C=C(F)C(=O)NCC(O)CC(=O)C1([N+](=O)[O-])N=CC=N1. The van der Waals surface area contributed by atoms with Gasteiger partial charge >= 0.3 is 5.79 Å². The summed E-state index contributed by atoms with van der Waals surface area (Å²) < 4.78 is 12.3. The fraction of sp³-hybridized carbons (Fsp3) is 0.400. The van der Waals surface area contributed by atoms with Crippen molar-refractivity contribution in [3.8, 4) is 0 Å². The summed E-state index contributed by atoms with van der Waals surface area (Å²) in [7, 11) is 0. The fourth-order valence-corrected chi connectivity index (χ4v) is 1.38. The predicted molar refractivity (Wildman–Crippen MR) is 65.6 cm³/mol. The number of hydrogen-bond donors (Lipinski definition) is 2. The van der Waals surface area contributed by atoms with Gasteiger partial charge in [-0.2, -0.15) is 9.98 Å². The van der Waals surface area contributed by atoms with Crippen LogP contribution in [0.15, 0.2) is 22.4 Å². The largest absolute Gasteiger partial charge is 0.471 e. The van der Waals surface area contributed by atoms with E-state index < -0.39 is 47.3 Å². The highest BCUT2D eigenvalue weighted by molar-refractivity contribution is 6.19. The van der Waals surface area contributed by atoms with Crippen LogP contribution in [-0.2, 0) is 9.59 Å². The molecule has 108 valence electrons. The lowest BCUT2D eigenvalue weighted by Crippen LogP contribution is -2.44. The van der Waals surface area contributed by atoms with E-state index >= 15 is 0 Å². The number of aliphatic hydroxyl groups is 1. The zero-order chi connectivity index (χ0) is 15.3. The number of rotatable bonds is 7. The van der Waals surface area contributed by atoms with Crippen molar-refractivity contribution in [2.24, 2.45) is 9.98 Å². The van der Waals surface area contributed by atoms with Gasteiger partial charge in [-0.25, -0.2) is 4.39 Å². The molecule has 0 radical (unpaired) electrons. The van der Waals surface area contributed by atoms with E-state index in [1.807, 2.05) is 5.32 Å². The van der Waals surface area contributed by atoms with Crippen molar-refractivity contribution in [1.82, 2.24) is 5.32 Å². The number of amides is 1. The van der Waals surface area contributed by atoms with Crippen LogP contribution >= 0.6 is 0 Å². The Morgan fingerprint density at radius 3 is 2.50 bits per heavy atom. The number of aliphatic imine (C=N–C) groups is 2. The van der Waals surface area contributed by atoms with Gasteiger partial charge in [0.15, 0.2) is 5.83 Å². The molecule has 1 unspecified atom stereocenters. The predicted octanol–water partition coefficient (Wildman–Crippen LogP) is -1.01. The minimum atomic E-state index is -2.48. The second kappa shape index (κ2) is 6.10. The first kappa shape index (κ1) is 15.6. The van der Waals surface area contributed by atoms with Gasteiger partial charge in [0.1, 0.15) is 0 Å². The van der Waals surface area contributed by atoms with Crippen LogP contribution in [0.3, 0.4) is 0 Å². The van der Waals surface area contributed by atoms with Crippen LogP contribution in [-0.4, -0.2) is 52.6 Å². The van der Waals surface area contributed by atoms with Gasteiger partial charge in [0, 0.05) is 25.4 Å². The molecule has 1 atom stereocenters. The molecule has 9 nitrogen and oxygen atoms in total. The smallest absolute Gasteiger partial charge is 0.391 e. The van der Waals surface area contributed by atoms with Crippen molar-refractivity contribution in [2.75, 3.05) is 6.54 Å². The van der Waals surface area contributed by atoms with Gasteiger partial charge in [0.05, 0.1) is 11.0 Å². The Hall–Kier alpha value is -2.49. The number of aliphatic hydroxyl groups excluding tert-OH is 1. The minimum Gasteiger partial charge on any atom is -0.391 e. The number of halogens is 1. The van der Waals surface area contributed by atoms with Crippen molar-refractivity contribution in [3.63, 3.8) is 0 Å². The van der Waals surface area contributed by atoms with Crippen LogP contribution in [0, 0.1) is 10.1 Å². The number of nitro groups is 1. The lowest BCUT2D eigenvalue weighted by molar-refractivity contribution is -0.547. The molecule has 20 heavy (non-hydrogen) atoms. The molecule has 0 saturated heterocycles. The molecule has 2 N–H and O–H groups in total. The van der Waals surface area contributed by atoms with E-state index in [4.69, 9.17) is 0 Å². The monoisotopic (exact) mass is 286 g/mol. The lowest BCUT2D eigenvalue weighted by atomic mass is 10.1. The molecule has 0 aromatic rings. The highest BCUT2D eigenvalue weighted by atomic mass is 19.1. The summed E-state index contributed by atoms with van der Waals surface area (Å²) >= 11 is 0. The van der Waals surface area contributed by atoms with Gasteiger partial charge in [-0.05, 0) is 0 Å². The fourth-order valence-electron chi connectivity index (χ4n) is 1.38. The zero-order valence-corrected chi connectivity index (χ0v) is 10.2. The normalized spacial score (nSPS) is 16.7. The second-order valence-electron chi connectivity index (χ2n) is 3.84. The van der Waals surface area contributed by atoms with E-state index in [0.29, 0.717) is 0 Å². The molecule has 1 aliphatic heterocycles. The summed E-state index contributed by atoms with van der Waals surface area (Å²) in [6.07, 6.45) is -0.105. The molecule has 1 rings (SSSR count). The molecule has 0 aromatic carbocycles. The molecule has 1 amide bonds. The summed E-state index contributed by atoms with van der Waals surface area (Å²) in [6, 6.07) is 0. The van der Waals surface area contributed by atoms with Crippen molar-refractivity contribution in [3.05, 3.63) is 22.5 Å². The van der Waals surface area contributed by atoms with E-state index in [0.717, 1.165) is 12.4 Å². The molecule has 0 aliphatic carbocycles. The van der Waals surface area contributed by atoms with Gasteiger partial charge in [0.25, 0.3) is 11.7 Å². The molecule has 0 aromatic heterocycles. The van der Waals surface area contributed by atoms with Gasteiger partial charge in [-0.3, -0.25) is 19.7 Å². The van der Waals surface area contributed by atoms with Crippen molar-refractivity contribution < 1.29 is 24.0 Å². The van der Waals surface area contributed by atoms with Crippen LogP contribution in [0.25, 0.3) is 0 Å². The summed E-state index contributed by atoms with van der Waals surface area (Å²) in [5.41, 5.74) is 0. The van der Waals surface area contributed by atoms with Gasteiger partial charge < -0.3 is 10.4 Å². The molecule has 10 heteroatoms. The van der Waals surface area contributed by atoms with E-state index in [2.05, 4.69) is 16.6 Å². The number of Topliss-reactive ketones (excluding diaryl/α,β-unsaturated/α-hetero) is 1. The topological polar surface area (TPSA) is 134 Å². The van der Waals surface area contributed by atoms with E-state index in [9.17, 15) is 29.2 Å². The number of carbonyl (C=O) groups is 2. The Labute approximate surface area is 112 Å². The van der Waals surface area contributed by atoms with Gasteiger partial charge in [-0.15, -0.1) is 0 Å². The molecule has 0 bridgehead atoms. The van der Waals surface area contributed by atoms with Crippen molar-refractivity contribution in [1.29, 1.82) is 0 Å². The van der Waals surface area contributed by atoms with Crippen LogP contribution in [0.5, 0.6) is 0 Å². The summed E-state index contributed by atoms with van der Waals surface area (Å²) in [6.45, 7) is 2.27. The molecule has 0 fully saturated rings. The summed E-state index contributed by atoms with van der Waals surface area (Å²) in [4.78, 5) is 39.2. The van der Waals surface area contributed by atoms with Crippen LogP contribution in [0.2, 0.25) is 0 Å². The third kappa shape index (κ3) is 3.29. The average molecular weight is 286 g/mol. The average Bonchev–Trinajstić information content (AvgIpc) is 2.86. The Kier molecular flexibility index (Phi) is 4.75. The standard InChI is InChI=1S/C10H11FN4O5/c1-6(11)9(18)12-5-7(16)4-8(17)10(15(19)20)13-2-3-14-10/h2-3,7,16H,1,4-5H2,(H,12,18). The first-order valence-corrected chi connectivity index (χ1v) is 5.37. The van der Waals surface area contributed by atoms with Crippen LogP contribution in [0.4, 0.5) is 4.39 Å². The molecular weight excluding hydrogens is 275 g/mol. The molecular formula is C10H11FN4O5. The molecule has 0 saturated carbocycles. The first-order chi connectivity index (χ1) is 9.29. The van der Waals surface area contributed by atoms with E-state index in [1.165, 1.54) is 0 Å². The molecule has 1 aliphatic rings. The summed E-state index contributed by atoms with van der Waals surface area (Å²) in [5, 5.41) is 22.3. The number of nitrogens with zero attached hydrogens (tertiary/aromatic N) is 3. The summed E-state index contributed by atoms with van der Waals surface area (Å²) in [5.74, 6) is -5.92. The number of nitrogens with one attached hydrogen (secondary N) is 1. The maximum absolute atomic E-state index is 12.3. The van der Waals surface area contributed by atoms with Crippen molar-refractivity contribution >= 4 is 24.1 Å². The highest BCUT2D eigenvalue weighted by Crippen LogP contribution is 2.20. The van der Waals surface area contributed by atoms with Gasteiger partial charge in [0.2, 0.25) is 0 Å². The first-order valence-electron chi connectivity index (χ1n) is 5.37. The Bertz CT molecular complexity index is 504. The molecule has 0 spiro atoms. The van der Waals surface area contributed by atoms with Gasteiger partial charge in [-0.1, -0.05) is 6.58 Å². The maximum atomic E-state index is 12.3. The highest BCUT2D eigenvalue weighted by Gasteiger charge is 2.52. The second-order valence-corrected chi connectivity index (χ2v) is 3.84. The van der Waals surface area contributed by atoms with Crippen LogP contribution in [0.1, 0.15) is 6.42 Å². The number of carbonyl (C=O) groups excluding carboxylic acids is 2. The molecule has 1 heterocycles. The Balaban J connectivity index is 2.60. The maximum Gasteiger partial charge on any atom is 0.471 e. The zero-order valence-electron chi connectivity index (χ0n) is 10.2. The lowest BCUT2D eigenvalue weighted by Gasteiger charge is -2.15.